The molecule has 172 valence electrons. The van der Waals surface area contributed by atoms with Crippen LogP contribution in [-0.4, -0.2) is 24.5 Å². The van der Waals surface area contributed by atoms with Gasteiger partial charge in [0.15, 0.2) is 15.5 Å². The molecule has 5 rings (SSSR count). The lowest BCUT2D eigenvalue weighted by molar-refractivity contribution is -0.141. The van der Waals surface area contributed by atoms with E-state index in [0.717, 1.165) is 33.5 Å². The summed E-state index contributed by atoms with van der Waals surface area (Å²) in [5.41, 5.74) is 1.51. The van der Waals surface area contributed by atoms with E-state index in [0.29, 0.717) is 17.0 Å². The number of hydrogen-bond acceptors (Lipinski definition) is 4. The quantitative estimate of drug-likeness (QED) is 0.298. The smallest absolute Gasteiger partial charge is 0.435 e. The van der Waals surface area contributed by atoms with Gasteiger partial charge in [-0.2, -0.15) is 18.3 Å². The SMILES string of the molecule is CS(=O)(=O)c1ccc(-n2nc(C(F)(F)F)cc2-c2ccc(-c3cc4ccccc4o3)cc2)cc1. The summed E-state index contributed by atoms with van der Waals surface area (Å²) in [6.07, 6.45) is -3.58. The van der Waals surface area contributed by atoms with Crippen LogP contribution in [0.25, 0.3) is 39.2 Å². The Morgan fingerprint density at radius 2 is 1.50 bits per heavy atom. The van der Waals surface area contributed by atoms with E-state index in [1.54, 1.807) is 24.3 Å². The van der Waals surface area contributed by atoms with Crippen LogP contribution in [0.5, 0.6) is 0 Å². The van der Waals surface area contributed by atoms with E-state index in [1.165, 1.54) is 24.3 Å². The third kappa shape index (κ3) is 4.10. The van der Waals surface area contributed by atoms with Crippen molar-refractivity contribution in [2.75, 3.05) is 6.26 Å². The van der Waals surface area contributed by atoms with E-state index >= 15 is 0 Å². The van der Waals surface area contributed by atoms with Crippen LogP contribution in [-0.2, 0) is 16.0 Å². The zero-order valence-corrected chi connectivity index (χ0v) is 18.6. The summed E-state index contributed by atoms with van der Waals surface area (Å²) in [4.78, 5) is 0.0659. The van der Waals surface area contributed by atoms with Gasteiger partial charge in [-0.15, -0.1) is 0 Å². The Labute approximate surface area is 193 Å². The van der Waals surface area contributed by atoms with E-state index in [-0.39, 0.29) is 10.6 Å². The van der Waals surface area contributed by atoms with Crippen LogP contribution in [0.15, 0.2) is 94.2 Å². The van der Waals surface area contributed by atoms with Gasteiger partial charge in [0.25, 0.3) is 0 Å². The summed E-state index contributed by atoms with van der Waals surface area (Å²) in [6.45, 7) is 0. The Balaban J connectivity index is 1.57. The zero-order valence-electron chi connectivity index (χ0n) is 17.7. The molecule has 0 radical (unpaired) electrons. The van der Waals surface area contributed by atoms with Crippen molar-refractivity contribution in [1.29, 1.82) is 0 Å². The molecule has 34 heavy (non-hydrogen) atoms. The molecule has 0 atom stereocenters. The number of sulfone groups is 1. The second kappa shape index (κ2) is 7.88. The number of para-hydroxylation sites is 1. The zero-order chi connectivity index (χ0) is 24.1. The highest BCUT2D eigenvalue weighted by atomic mass is 32.2. The van der Waals surface area contributed by atoms with Gasteiger partial charge in [-0.25, -0.2) is 13.1 Å². The van der Waals surface area contributed by atoms with Gasteiger partial charge in [-0.3, -0.25) is 0 Å². The summed E-state index contributed by atoms with van der Waals surface area (Å²) < 4.78 is 70.8. The van der Waals surface area contributed by atoms with Crippen molar-refractivity contribution < 1.29 is 26.0 Å². The van der Waals surface area contributed by atoms with E-state index < -0.39 is 21.7 Å². The summed E-state index contributed by atoms with van der Waals surface area (Å²) in [6, 6.07) is 22.9. The number of benzene rings is 3. The van der Waals surface area contributed by atoms with E-state index in [9.17, 15) is 21.6 Å². The maximum absolute atomic E-state index is 13.5. The van der Waals surface area contributed by atoms with Gasteiger partial charge in [0, 0.05) is 22.8 Å². The molecule has 0 N–H and O–H groups in total. The minimum atomic E-state index is -4.64. The molecule has 2 aromatic heterocycles. The number of furan rings is 1. The number of hydrogen-bond donors (Lipinski definition) is 0. The fraction of sp³-hybridized carbons (Fsp3) is 0.0800. The van der Waals surface area contributed by atoms with Crippen LogP contribution in [0.2, 0.25) is 0 Å². The molecule has 0 aliphatic rings. The van der Waals surface area contributed by atoms with Crippen molar-refractivity contribution in [1.82, 2.24) is 9.78 Å². The Kier molecular flexibility index (Phi) is 5.09. The fourth-order valence-corrected chi connectivity index (χ4v) is 4.32. The van der Waals surface area contributed by atoms with Gasteiger partial charge < -0.3 is 4.42 Å². The predicted octanol–water partition coefficient (Wildman–Crippen LogP) is 6.37. The molecule has 0 spiro atoms. The Hall–Kier alpha value is -3.85. The Bertz CT molecular complexity index is 1570. The molecule has 0 amide bonds. The monoisotopic (exact) mass is 482 g/mol. The first-order chi connectivity index (χ1) is 16.1. The van der Waals surface area contributed by atoms with Gasteiger partial charge in [-0.05, 0) is 42.5 Å². The lowest BCUT2D eigenvalue weighted by atomic mass is 10.1. The molecule has 0 saturated heterocycles. The largest absolute Gasteiger partial charge is 0.456 e. The maximum atomic E-state index is 13.5. The number of nitrogens with zero attached hydrogens (tertiary/aromatic N) is 2. The van der Waals surface area contributed by atoms with E-state index in [4.69, 9.17) is 4.42 Å². The highest BCUT2D eigenvalue weighted by molar-refractivity contribution is 7.90. The summed E-state index contributed by atoms with van der Waals surface area (Å²) >= 11 is 0. The van der Waals surface area contributed by atoms with Crippen molar-refractivity contribution in [3.8, 4) is 28.3 Å². The minimum Gasteiger partial charge on any atom is -0.456 e. The second-order valence-electron chi connectivity index (χ2n) is 7.82. The normalized spacial score (nSPS) is 12.4. The molecule has 0 aliphatic carbocycles. The number of halogens is 3. The fourth-order valence-electron chi connectivity index (χ4n) is 3.69. The third-order valence-electron chi connectivity index (χ3n) is 5.40. The standard InChI is InChI=1S/C25H17F3N2O3S/c1-34(31,32)20-12-10-19(11-13-20)30-21(15-24(29-30)25(26,27)28)16-6-8-17(9-7-16)23-14-18-4-2-3-5-22(18)33-23/h2-15H,1H3. The van der Waals surface area contributed by atoms with Crippen molar-refractivity contribution in [3.63, 3.8) is 0 Å². The van der Waals surface area contributed by atoms with Gasteiger partial charge in [0.1, 0.15) is 11.3 Å². The van der Waals surface area contributed by atoms with Crippen molar-refractivity contribution >= 4 is 20.8 Å². The molecule has 0 bridgehead atoms. The maximum Gasteiger partial charge on any atom is 0.435 e. The predicted molar refractivity (Wildman–Crippen MR) is 122 cm³/mol. The average Bonchev–Trinajstić information content (AvgIpc) is 3.44. The topological polar surface area (TPSA) is 65.1 Å². The van der Waals surface area contributed by atoms with Gasteiger partial charge in [0.2, 0.25) is 0 Å². The highest BCUT2D eigenvalue weighted by Gasteiger charge is 2.35. The molecule has 0 unspecified atom stereocenters. The molecule has 3 aromatic carbocycles. The van der Waals surface area contributed by atoms with Gasteiger partial charge in [0.05, 0.1) is 16.3 Å². The molecule has 5 aromatic rings. The summed E-state index contributed by atoms with van der Waals surface area (Å²) in [5, 5.41) is 4.70. The van der Waals surface area contributed by atoms with Crippen LogP contribution in [0, 0.1) is 0 Å². The van der Waals surface area contributed by atoms with Gasteiger partial charge in [-0.1, -0.05) is 42.5 Å². The summed E-state index contributed by atoms with van der Waals surface area (Å²) in [5.74, 6) is 0.647. The minimum absolute atomic E-state index is 0.0659. The van der Waals surface area contributed by atoms with Crippen molar-refractivity contribution in [2.24, 2.45) is 0 Å². The molecule has 0 aliphatic heterocycles. The Morgan fingerprint density at radius 1 is 0.853 bits per heavy atom. The number of rotatable bonds is 4. The number of alkyl halides is 3. The highest BCUT2D eigenvalue weighted by Crippen LogP contribution is 2.35. The van der Waals surface area contributed by atoms with Crippen molar-refractivity contribution in [2.45, 2.75) is 11.1 Å². The molecular weight excluding hydrogens is 465 g/mol. The molecule has 0 fully saturated rings. The first-order valence-electron chi connectivity index (χ1n) is 10.2. The molecular formula is C25H17F3N2O3S. The number of fused-ring (bicyclic) bond motifs is 1. The van der Waals surface area contributed by atoms with E-state index in [1.807, 2.05) is 30.3 Å². The molecule has 2 heterocycles. The van der Waals surface area contributed by atoms with E-state index in [2.05, 4.69) is 5.10 Å². The van der Waals surface area contributed by atoms with Crippen LogP contribution in [0.1, 0.15) is 5.69 Å². The third-order valence-corrected chi connectivity index (χ3v) is 6.53. The van der Waals surface area contributed by atoms with Crippen LogP contribution in [0.3, 0.4) is 0 Å². The average molecular weight is 482 g/mol. The first kappa shape index (κ1) is 22.0. The molecule has 9 heteroatoms. The Morgan fingerprint density at radius 3 is 2.12 bits per heavy atom. The van der Waals surface area contributed by atoms with Crippen LogP contribution < -0.4 is 0 Å². The van der Waals surface area contributed by atoms with Crippen LogP contribution in [0.4, 0.5) is 13.2 Å². The second-order valence-corrected chi connectivity index (χ2v) is 9.83. The molecule has 0 saturated carbocycles. The number of aromatic nitrogens is 2. The first-order valence-corrected chi connectivity index (χ1v) is 12.1. The summed E-state index contributed by atoms with van der Waals surface area (Å²) in [7, 11) is -3.44. The van der Waals surface area contributed by atoms with Crippen molar-refractivity contribution in [3.05, 3.63) is 90.6 Å². The lowest BCUT2D eigenvalue weighted by Gasteiger charge is -2.09. The molecule has 5 nitrogen and oxygen atoms in total. The lowest BCUT2D eigenvalue weighted by Crippen LogP contribution is -2.07. The van der Waals surface area contributed by atoms with Gasteiger partial charge >= 0.3 is 6.18 Å². The van der Waals surface area contributed by atoms with Crippen LogP contribution >= 0.6 is 0 Å².